The number of ether oxygens (including phenoxy) is 1. The molecule has 1 aliphatic rings. The van der Waals surface area contributed by atoms with Crippen LogP contribution in [0.25, 0.3) is 0 Å². The molecule has 2 rings (SSSR count). The molecule has 1 aliphatic heterocycles. The van der Waals surface area contributed by atoms with Gasteiger partial charge in [0.2, 0.25) is 0 Å². The lowest BCUT2D eigenvalue weighted by atomic mass is 9.90. The van der Waals surface area contributed by atoms with Gasteiger partial charge < -0.3 is 4.74 Å². The molecule has 0 saturated heterocycles. The second kappa shape index (κ2) is 5.16. The first-order valence-corrected chi connectivity index (χ1v) is 6.84. The lowest BCUT2D eigenvalue weighted by molar-refractivity contribution is -0.155. The van der Waals surface area contributed by atoms with Crippen molar-refractivity contribution in [1.29, 1.82) is 0 Å². The Balaban J connectivity index is 2.51. The standard InChI is InChI=1S/C16H21NO2/c1-5-16(4)15(18)19-14(11(2)3)13(17-16)12-9-7-6-8-10-12/h6-11,14H,5H2,1-4H3/t14-,16+/m1/s1. The molecule has 0 aromatic heterocycles. The first kappa shape index (κ1) is 13.8. The monoisotopic (exact) mass is 259 g/mol. The van der Waals surface area contributed by atoms with Crippen LogP contribution in [-0.2, 0) is 9.53 Å². The molecule has 0 aliphatic carbocycles. The highest BCUT2D eigenvalue weighted by molar-refractivity contribution is 6.08. The second-order valence-corrected chi connectivity index (χ2v) is 5.56. The van der Waals surface area contributed by atoms with E-state index in [0.717, 1.165) is 11.3 Å². The summed E-state index contributed by atoms with van der Waals surface area (Å²) < 4.78 is 5.65. The van der Waals surface area contributed by atoms with E-state index in [4.69, 9.17) is 9.73 Å². The molecule has 19 heavy (non-hydrogen) atoms. The van der Waals surface area contributed by atoms with Gasteiger partial charge in [-0.1, -0.05) is 51.1 Å². The number of carbonyl (C=O) groups is 1. The van der Waals surface area contributed by atoms with Crippen molar-refractivity contribution < 1.29 is 9.53 Å². The fourth-order valence-corrected chi connectivity index (χ4v) is 2.19. The second-order valence-electron chi connectivity index (χ2n) is 5.56. The van der Waals surface area contributed by atoms with Crippen LogP contribution in [0.5, 0.6) is 0 Å². The summed E-state index contributed by atoms with van der Waals surface area (Å²) in [6, 6.07) is 9.97. The van der Waals surface area contributed by atoms with E-state index in [2.05, 4.69) is 0 Å². The average Bonchev–Trinajstić information content (AvgIpc) is 2.42. The Bertz CT molecular complexity index is 493. The van der Waals surface area contributed by atoms with Crippen LogP contribution in [0.2, 0.25) is 0 Å². The summed E-state index contributed by atoms with van der Waals surface area (Å²) in [4.78, 5) is 16.8. The topological polar surface area (TPSA) is 38.7 Å². The highest BCUT2D eigenvalue weighted by atomic mass is 16.5. The zero-order chi connectivity index (χ0) is 14.0. The number of hydrogen-bond donors (Lipinski definition) is 0. The SMILES string of the molecule is CC[C@]1(C)N=C(c2ccccc2)[C@@H](C(C)C)OC1=O. The van der Waals surface area contributed by atoms with Gasteiger partial charge in [0.25, 0.3) is 0 Å². The third-order valence-electron chi connectivity index (χ3n) is 3.67. The summed E-state index contributed by atoms with van der Waals surface area (Å²) in [7, 11) is 0. The maximum atomic E-state index is 12.1. The number of nitrogens with zero attached hydrogens (tertiary/aromatic N) is 1. The summed E-state index contributed by atoms with van der Waals surface area (Å²) >= 11 is 0. The first-order valence-electron chi connectivity index (χ1n) is 6.84. The molecule has 1 aromatic rings. The molecule has 2 atom stereocenters. The Labute approximate surface area is 114 Å². The first-order chi connectivity index (χ1) is 8.98. The number of hydrogen-bond acceptors (Lipinski definition) is 3. The summed E-state index contributed by atoms with van der Waals surface area (Å²) in [5, 5.41) is 0. The summed E-state index contributed by atoms with van der Waals surface area (Å²) in [6.07, 6.45) is 0.391. The largest absolute Gasteiger partial charge is 0.454 e. The van der Waals surface area contributed by atoms with E-state index < -0.39 is 5.54 Å². The zero-order valence-electron chi connectivity index (χ0n) is 12.0. The molecule has 3 heteroatoms. The summed E-state index contributed by atoms with van der Waals surface area (Å²) in [6.45, 7) is 7.90. The van der Waals surface area contributed by atoms with E-state index in [1.807, 2.05) is 58.0 Å². The Morgan fingerprint density at radius 2 is 1.95 bits per heavy atom. The molecule has 0 bridgehead atoms. The van der Waals surface area contributed by atoms with E-state index >= 15 is 0 Å². The Morgan fingerprint density at radius 3 is 2.47 bits per heavy atom. The van der Waals surface area contributed by atoms with Gasteiger partial charge in [0.15, 0.2) is 5.54 Å². The van der Waals surface area contributed by atoms with Gasteiger partial charge in [-0.25, -0.2) is 4.79 Å². The van der Waals surface area contributed by atoms with Crippen LogP contribution in [0, 0.1) is 5.92 Å². The lowest BCUT2D eigenvalue weighted by Crippen LogP contribution is -2.48. The van der Waals surface area contributed by atoms with Gasteiger partial charge in [0.1, 0.15) is 6.10 Å². The molecule has 0 spiro atoms. The minimum Gasteiger partial charge on any atom is -0.454 e. The van der Waals surface area contributed by atoms with Crippen molar-refractivity contribution in [3.63, 3.8) is 0 Å². The van der Waals surface area contributed by atoms with Gasteiger partial charge in [0.05, 0.1) is 5.71 Å². The van der Waals surface area contributed by atoms with E-state index in [-0.39, 0.29) is 18.0 Å². The lowest BCUT2D eigenvalue weighted by Gasteiger charge is -2.35. The average molecular weight is 259 g/mol. The molecule has 0 N–H and O–H groups in total. The molecule has 0 saturated carbocycles. The van der Waals surface area contributed by atoms with Crippen molar-refractivity contribution in [3.8, 4) is 0 Å². The normalized spacial score (nSPS) is 27.1. The van der Waals surface area contributed by atoms with Crippen molar-refractivity contribution in [2.75, 3.05) is 0 Å². The predicted molar refractivity (Wildman–Crippen MR) is 76.4 cm³/mol. The van der Waals surface area contributed by atoms with E-state index in [0.29, 0.717) is 6.42 Å². The van der Waals surface area contributed by atoms with Gasteiger partial charge in [-0.15, -0.1) is 0 Å². The molecule has 3 nitrogen and oxygen atoms in total. The maximum Gasteiger partial charge on any atom is 0.334 e. The van der Waals surface area contributed by atoms with Crippen molar-refractivity contribution in [1.82, 2.24) is 0 Å². The van der Waals surface area contributed by atoms with Crippen molar-refractivity contribution in [3.05, 3.63) is 35.9 Å². The molecule has 1 heterocycles. The van der Waals surface area contributed by atoms with E-state index in [1.54, 1.807) is 0 Å². The number of rotatable bonds is 3. The smallest absolute Gasteiger partial charge is 0.334 e. The highest BCUT2D eigenvalue weighted by Crippen LogP contribution is 2.29. The molecule has 102 valence electrons. The van der Waals surface area contributed by atoms with Gasteiger partial charge in [-0.3, -0.25) is 4.99 Å². The molecule has 0 fully saturated rings. The van der Waals surface area contributed by atoms with Crippen molar-refractivity contribution in [2.45, 2.75) is 45.8 Å². The molecule has 0 amide bonds. The minimum absolute atomic E-state index is 0.212. The van der Waals surface area contributed by atoms with Gasteiger partial charge in [-0.05, 0) is 24.8 Å². The number of benzene rings is 1. The van der Waals surface area contributed by atoms with Crippen LogP contribution in [-0.4, -0.2) is 23.3 Å². The summed E-state index contributed by atoms with van der Waals surface area (Å²) in [5.41, 5.74) is 1.17. The molecule has 0 unspecified atom stereocenters. The van der Waals surface area contributed by atoms with Crippen LogP contribution in [0.3, 0.4) is 0 Å². The number of esters is 1. The number of aliphatic imine (C=N–C) groups is 1. The Morgan fingerprint density at radius 1 is 1.32 bits per heavy atom. The third-order valence-corrected chi connectivity index (χ3v) is 3.67. The maximum absolute atomic E-state index is 12.1. The van der Waals surface area contributed by atoms with E-state index in [1.165, 1.54) is 0 Å². The summed E-state index contributed by atoms with van der Waals surface area (Å²) in [5.74, 6) is -0.00214. The van der Waals surface area contributed by atoms with Gasteiger partial charge >= 0.3 is 5.97 Å². The Hall–Kier alpha value is -1.64. The van der Waals surface area contributed by atoms with Gasteiger partial charge in [-0.2, -0.15) is 0 Å². The molecule has 1 aromatic carbocycles. The van der Waals surface area contributed by atoms with Crippen LogP contribution in [0.15, 0.2) is 35.3 Å². The molecular formula is C16H21NO2. The molecular weight excluding hydrogens is 238 g/mol. The highest BCUT2D eigenvalue weighted by Gasteiger charge is 2.42. The predicted octanol–water partition coefficient (Wildman–Crippen LogP) is 3.23. The van der Waals surface area contributed by atoms with Crippen molar-refractivity contribution in [2.24, 2.45) is 10.9 Å². The Kier molecular flexibility index (Phi) is 3.74. The quantitative estimate of drug-likeness (QED) is 0.782. The molecule has 0 radical (unpaired) electrons. The van der Waals surface area contributed by atoms with Crippen molar-refractivity contribution >= 4 is 11.7 Å². The number of carbonyl (C=O) groups excluding carboxylic acids is 1. The zero-order valence-corrected chi connectivity index (χ0v) is 12.0. The van der Waals surface area contributed by atoms with Crippen LogP contribution in [0.4, 0.5) is 0 Å². The van der Waals surface area contributed by atoms with Crippen LogP contribution >= 0.6 is 0 Å². The fourth-order valence-electron chi connectivity index (χ4n) is 2.19. The minimum atomic E-state index is -0.753. The fraction of sp³-hybridized carbons (Fsp3) is 0.500. The van der Waals surface area contributed by atoms with E-state index in [9.17, 15) is 4.79 Å². The third kappa shape index (κ3) is 2.55. The van der Waals surface area contributed by atoms with Crippen LogP contribution in [0.1, 0.15) is 39.7 Å². The number of cyclic esters (lactones) is 1. The van der Waals surface area contributed by atoms with Crippen LogP contribution < -0.4 is 0 Å². The van der Waals surface area contributed by atoms with Gasteiger partial charge in [0, 0.05) is 0 Å².